The summed E-state index contributed by atoms with van der Waals surface area (Å²) < 4.78 is 1.03. The molecule has 0 bridgehead atoms. The zero-order valence-corrected chi connectivity index (χ0v) is 11.6. The molecule has 0 saturated heterocycles. The van der Waals surface area contributed by atoms with Gasteiger partial charge in [-0.1, -0.05) is 6.92 Å². The Morgan fingerprint density at radius 1 is 1.38 bits per heavy atom. The molecule has 4 nitrogen and oxygen atoms in total. The number of nitrogens with one attached hydrogen (secondary N) is 1. The Hall–Kier alpha value is -0.590. The number of halogens is 1. The topological polar surface area (TPSA) is 63.8 Å². The van der Waals surface area contributed by atoms with Crippen molar-refractivity contribution < 1.29 is 0 Å². The molecule has 1 aromatic heterocycles. The monoisotopic (exact) mass is 332 g/mol. The maximum atomic E-state index is 5.59. The van der Waals surface area contributed by atoms with Crippen LogP contribution in [-0.2, 0) is 0 Å². The summed E-state index contributed by atoms with van der Waals surface area (Å²) in [6, 6.07) is 0.541. The lowest BCUT2D eigenvalue weighted by molar-refractivity contribution is 0.360. The third-order valence-electron chi connectivity index (χ3n) is 3.12. The largest absolute Gasteiger partial charge is 0.368 e. The number of rotatable bonds is 2. The molecule has 88 valence electrons. The van der Waals surface area contributed by atoms with E-state index in [1.165, 1.54) is 25.7 Å². The highest BCUT2D eigenvalue weighted by Gasteiger charge is 2.19. The third kappa shape index (κ3) is 2.96. The normalized spacial score (nSPS) is 25.4. The van der Waals surface area contributed by atoms with Crippen LogP contribution >= 0.6 is 22.6 Å². The number of hydrogen-bond acceptors (Lipinski definition) is 4. The molecule has 1 heterocycles. The molecule has 0 aromatic carbocycles. The van der Waals surface area contributed by atoms with Crippen molar-refractivity contribution in [2.45, 2.75) is 38.6 Å². The minimum atomic E-state index is 0.340. The number of nitrogen functional groups attached to an aromatic ring is 1. The highest BCUT2D eigenvalue weighted by atomic mass is 127. The van der Waals surface area contributed by atoms with E-state index >= 15 is 0 Å². The number of aromatic nitrogens is 2. The molecule has 1 aliphatic rings. The van der Waals surface area contributed by atoms with Gasteiger partial charge in [0.05, 0.1) is 3.57 Å². The smallest absolute Gasteiger partial charge is 0.221 e. The Kier molecular flexibility index (Phi) is 3.83. The Balaban J connectivity index is 2.00. The van der Waals surface area contributed by atoms with Gasteiger partial charge in [-0.25, -0.2) is 4.98 Å². The van der Waals surface area contributed by atoms with E-state index in [1.54, 1.807) is 6.20 Å². The van der Waals surface area contributed by atoms with Gasteiger partial charge in [-0.3, -0.25) is 0 Å². The van der Waals surface area contributed by atoms with Crippen molar-refractivity contribution in [1.82, 2.24) is 9.97 Å². The first-order valence-electron chi connectivity index (χ1n) is 5.69. The van der Waals surface area contributed by atoms with Crippen LogP contribution in [0, 0.1) is 9.49 Å². The van der Waals surface area contributed by atoms with E-state index in [2.05, 4.69) is 44.8 Å². The summed E-state index contributed by atoms with van der Waals surface area (Å²) in [5.74, 6) is 2.09. The van der Waals surface area contributed by atoms with Crippen LogP contribution in [0.5, 0.6) is 0 Å². The summed E-state index contributed by atoms with van der Waals surface area (Å²) in [4.78, 5) is 8.20. The SMILES string of the molecule is CC1CCC(Nc2nc(N)ncc2I)CC1. The Morgan fingerprint density at radius 2 is 2.06 bits per heavy atom. The van der Waals surface area contributed by atoms with Gasteiger partial charge >= 0.3 is 0 Å². The van der Waals surface area contributed by atoms with Gasteiger partial charge in [-0.2, -0.15) is 4.98 Å². The number of nitrogens with two attached hydrogens (primary N) is 1. The molecule has 1 aromatic rings. The van der Waals surface area contributed by atoms with Crippen molar-refractivity contribution >= 4 is 34.4 Å². The summed E-state index contributed by atoms with van der Waals surface area (Å²) in [6.07, 6.45) is 6.81. The van der Waals surface area contributed by atoms with E-state index in [0.29, 0.717) is 12.0 Å². The minimum absolute atomic E-state index is 0.340. The predicted octanol–water partition coefficient (Wildman–Crippen LogP) is 2.65. The standard InChI is InChI=1S/C11H17IN4/c1-7-2-4-8(5-3-7)15-10-9(12)6-14-11(13)16-10/h6-8H,2-5H2,1H3,(H3,13,14,15,16). The van der Waals surface area contributed by atoms with Gasteiger partial charge in [-0.05, 0) is 54.2 Å². The quantitative estimate of drug-likeness (QED) is 0.818. The van der Waals surface area contributed by atoms with Crippen LogP contribution in [0.1, 0.15) is 32.6 Å². The molecule has 0 atom stereocenters. The van der Waals surface area contributed by atoms with Crippen molar-refractivity contribution in [3.8, 4) is 0 Å². The van der Waals surface area contributed by atoms with Crippen molar-refractivity contribution in [3.63, 3.8) is 0 Å². The van der Waals surface area contributed by atoms with Crippen molar-refractivity contribution in [2.24, 2.45) is 5.92 Å². The lowest BCUT2D eigenvalue weighted by atomic mass is 9.87. The fourth-order valence-electron chi connectivity index (χ4n) is 2.08. The van der Waals surface area contributed by atoms with Gasteiger partial charge in [0, 0.05) is 12.2 Å². The molecular formula is C11H17IN4. The summed E-state index contributed by atoms with van der Waals surface area (Å²) in [5, 5.41) is 3.47. The number of hydrogen-bond donors (Lipinski definition) is 2. The van der Waals surface area contributed by atoms with Gasteiger partial charge in [0.25, 0.3) is 0 Å². The second kappa shape index (κ2) is 5.16. The molecule has 0 radical (unpaired) electrons. The van der Waals surface area contributed by atoms with Crippen LogP contribution in [0.25, 0.3) is 0 Å². The first kappa shape index (κ1) is 11.9. The maximum Gasteiger partial charge on any atom is 0.221 e. The second-order valence-corrected chi connectivity index (χ2v) is 5.69. The fourth-order valence-corrected chi connectivity index (χ4v) is 2.50. The van der Waals surface area contributed by atoms with Gasteiger partial charge in [0.15, 0.2) is 0 Å². The lowest BCUT2D eigenvalue weighted by Crippen LogP contribution is -2.26. The molecule has 16 heavy (non-hydrogen) atoms. The highest BCUT2D eigenvalue weighted by Crippen LogP contribution is 2.26. The molecule has 1 aliphatic carbocycles. The van der Waals surface area contributed by atoms with Crippen LogP contribution < -0.4 is 11.1 Å². The first-order chi connectivity index (χ1) is 7.65. The molecule has 0 spiro atoms. The molecular weight excluding hydrogens is 315 g/mol. The van der Waals surface area contributed by atoms with Gasteiger partial charge in [-0.15, -0.1) is 0 Å². The van der Waals surface area contributed by atoms with E-state index in [4.69, 9.17) is 5.73 Å². The summed E-state index contributed by atoms with van der Waals surface area (Å²) in [7, 11) is 0. The van der Waals surface area contributed by atoms with Crippen molar-refractivity contribution in [2.75, 3.05) is 11.1 Å². The Labute approximate surface area is 110 Å². The molecule has 5 heteroatoms. The van der Waals surface area contributed by atoms with Crippen molar-refractivity contribution in [1.29, 1.82) is 0 Å². The molecule has 2 rings (SSSR count). The number of nitrogens with zero attached hydrogens (tertiary/aromatic N) is 2. The molecule has 0 aliphatic heterocycles. The molecule has 0 amide bonds. The van der Waals surface area contributed by atoms with Crippen LogP contribution in [0.3, 0.4) is 0 Å². The van der Waals surface area contributed by atoms with Gasteiger partial charge in [0.1, 0.15) is 5.82 Å². The van der Waals surface area contributed by atoms with E-state index < -0.39 is 0 Å². The second-order valence-electron chi connectivity index (χ2n) is 4.53. The van der Waals surface area contributed by atoms with Crippen LogP contribution in [-0.4, -0.2) is 16.0 Å². The summed E-state index contributed by atoms with van der Waals surface area (Å²) in [5.41, 5.74) is 5.59. The van der Waals surface area contributed by atoms with Gasteiger partial charge < -0.3 is 11.1 Å². The fraction of sp³-hybridized carbons (Fsp3) is 0.636. The van der Waals surface area contributed by atoms with E-state index in [1.807, 2.05) is 0 Å². The molecule has 1 saturated carbocycles. The summed E-state index contributed by atoms with van der Waals surface area (Å²) in [6.45, 7) is 2.32. The lowest BCUT2D eigenvalue weighted by Gasteiger charge is -2.27. The van der Waals surface area contributed by atoms with E-state index in [0.717, 1.165) is 15.3 Å². The third-order valence-corrected chi connectivity index (χ3v) is 3.91. The van der Waals surface area contributed by atoms with Crippen LogP contribution in [0.4, 0.5) is 11.8 Å². The molecule has 1 fully saturated rings. The Bertz CT molecular complexity index is 361. The average Bonchev–Trinajstić information content (AvgIpc) is 2.27. The minimum Gasteiger partial charge on any atom is -0.368 e. The number of anilines is 2. The zero-order valence-electron chi connectivity index (χ0n) is 9.41. The molecule has 0 unspecified atom stereocenters. The van der Waals surface area contributed by atoms with Gasteiger partial charge in [0.2, 0.25) is 5.95 Å². The highest BCUT2D eigenvalue weighted by molar-refractivity contribution is 14.1. The predicted molar refractivity (Wildman–Crippen MR) is 74.2 cm³/mol. The van der Waals surface area contributed by atoms with Crippen LogP contribution in [0.15, 0.2) is 6.20 Å². The van der Waals surface area contributed by atoms with E-state index in [9.17, 15) is 0 Å². The first-order valence-corrected chi connectivity index (χ1v) is 6.77. The average molecular weight is 332 g/mol. The van der Waals surface area contributed by atoms with Crippen LogP contribution in [0.2, 0.25) is 0 Å². The van der Waals surface area contributed by atoms with Crippen molar-refractivity contribution in [3.05, 3.63) is 9.77 Å². The Morgan fingerprint density at radius 3 is 2.75 bits per heavy atom. The van der Waals surface area contributed by atoms with E-state index in [-0.39, 0.29) is 0 Å². The zero-order chi connectivity index (χ0) is 11.5. The summed E-state index contributed by atoms with van der Waals surface area (Å²) >= 11 is 2.23. The molecule has 3 N–H and O–H groups in total. The maximum absolute atomic E-state index is 5.59.